The van der Waals surface area contributed by atoms with Crippen LogP contribution >= 0.6 is 0 Å². The lowest BCUT2D eigenvalue weighted by Crippen LogP contribution is -2.43. The Balaban J connectivity index is 2.86. The third kappa shape index (κ3) is 3.58. The van der Waals surface area contributed by atoms with E-state index in [0.29, 0.717) is 12.0 Å². The number of hydrogen-bond acceptors (Lipinski definition) is 2. The van der Waals surface area contributed by atoms with Crippen LogP contribution in [0.5, 0.6) is 0 Å². The number of likely N-dealkylation sites (N-methyl/N-ethyl adjacent to an activating group) is 1. The highest BCUT2D eigenvalue weighted by atomic mass is 16.4. The van der Waals surface area contributed by atoms with Crippen molar-refractivity contribution < 1.29 is 14.7 Å². The Bertz CT molecular complexity index is 414. The van der Waals surface area contributed by atoms with Gasteiger partial charge >= 0.3 is 5.97 Å². The highest BCUT2D eigenvalue weighted by Gasteiger charge is 2.27. The molecule has 0 fully saturated rings. The number of amides is 1. The lowest BCUT2D eigenvalue weighted by Gasteiger charge is -2.26. The lowest BCUT2D eigenvalue weighted by molar-refractivity contribution is -0.142. The minimum Gasteiger partial charge on any atom is -0.480 e. The minimum atomic E-state index is -0.963. The second kappa shape index (κ2) is 6.19. The molecule has 1 atom stereocenters. The van der Waals surface area contributed by atoms with Crippen molar-refractivity contribution in [2.45, 2.75) is 26.3 Å². The lowest BCUT2D eigenvalue weighted by atomic mass is 10.0. The maximum atomic E-state index is 12.1. The molecule has 1 aromatic carbocycles. The zero-order valence-corrected chi connectivity index (χ0v) is 11.0. The highest BCUT2D eigenvalue weighted by molar-refractivity contribution is 5.96. The molecule has 0 aliphatic heterocycles. The van der Waals surface area contributed by atoms with Gasteiger partial charge in [0.05, 0.1) is 0 Å². The van der Waals surface area contributed by atoms with Crippen LogP contribution < -0.4 is 0 Å². The Labute approximate surface area is 107 Å². The molecule has 4 heteroatoms. The molecule has 0 saturated carbocycles. The monoisotopic (exact) mass is 249 g/mol. The smallest absolute Gasteiger partial charge is 0.326 e. The molecule has 0 bridgehead atoms. The van der Waals surface area contributed by atoms with Gasteiger partial charge in [-0.25, -0.2) is 4.79 Å². The zero-order chi connectivity index (χ0) is 13.7. The molecule has 0 aromatic heterocycles. The van der Waals surface area contributed by atoms with Gasteiger partial charge in [0.15, 0.2) is 0 Å². The highest BCUT2D eigenvalue weighted by Crippen LogP contribution is 2.13. The van der Waals surface area contributed by atoms with Crippen LogP contribution in [0.1, 0.15) is 30.6 Å². The van der Waals surface area contributed by atoms with Gasteiger partial charge in [-0.2, -0.15) is 0 Å². The topological polar surface area (TPSA) is 57.6 Å². The van der Waals surface area contributed by atoms with E-state index in [0.717, 1.165) is 0 Å². The number of hydrogen-bond donors (Lipinski definition) is 1. The SMILES string of the molecule is CC(C)C[C@@H](C(=O)O)N(C)C(=O)c1ccccc1. The van der Waals surface area contributed by atoms with Gasteiger partial charge in [-0.05, 0) is 24.5 Å². The second-order valence-corrected chi connectivity index (χ2v) is 4.77. The molecule has 1 N–H and O–H groups in total. The molecule has 4 nitrogen and oxygen atoms in total. The fourth-order valence-electron chi connectivity index (χ4n) is 1.80. The summed E-state index contributed by atoms with van der Waals surface area (Å²) in [5.74, 6) is -1.00. The molecule has 0 aliphatic carbocycles. The molecule has 0 saturated heterocycles. The number of benzene rings is 1. The summed E-state index contributed by atoms with van der Waals surface area (Å²) in [6.07, 6.45) is 0.449. The van der Waals surface area contributed by atoms with E-state index in [1.54, 1.807) is 24.3 Å². The predicted octanol–water partition coefficient (Wildman–Crippen LogP) is 2.26. The largest absolute Gasteiger partial charge is 0.480 e. The molecule has 98 valence electrons. The molecular formula is C14H19NO3. The summed E-state index contributed by atoms with van der Waals surface area (Å²) in [5.41, 5.74) is 0.509. The first-order valence-corrected chi connectivity index (χ1v) is 5.98. The van der Waals surface area contributed by atoms with Gasteiger partial charge in [-0.3, -0.25) is 4.79 Å². The van der Waals surface area contributed by atoms with Crippen molar-refractivity contribution in [1.82, 2.24) is 4.90 Å². The third-order valence-electron chi connectivity index (χ3n) is 2.79. The molecule has 0 heterocycles. The van der Waals surface area contributed by atoms with Gasteiger partial charge in [0, 0.05) is 12.6 Å². The van der Waals surface area contributed by atoms with Crippen LogP contribution in [-0.2, 0) is 4.79 Å². The van der Waals surface area contributed by atoms with E-state index >= 15 is 0 Å². The molecule has 0 unspecified atom stereocenters. The first-order chi connectivity index (χ1) is 8.43. The molecule has 18 heavy (non-hydrogen) atoms. The maximum absolute atomic E-state index is 12.1. The summed E-state index contributed by atoms with van der Waals surface area (Å²) in [5, 5.41) is 9.19. The second-order valence-electron chi connectivity index (χ2n) is 4.77. The molecular weight excluding hydrogens is 230 g/mol. The number of nitrogens with zero attached hydrogens (tertiary/aromatic N) is 1. The summed E-state index contributed by atoms with van der Waals surface area (Å²) in [4.78, 5) is 24.7. The number of carbonyl (C=O) groups excluding carboxylic acids is 1. The van der Waals surface area contributed by atoms with Gasteiger partial charge in [-0.1, -0.05) is 32.0 Å². The first-order valence-electron chi connectivity index (χ1n) is 5.98. The van der Waals surface area contributed by atoms with E-state index in [4.69, 9.17) is 0 Å². The third-order valence-corrected chi connectivity index (χ3v) is 2.79. The Morgan fingerprint density at radius 2 is 1.78 bits per heavy atom. The number of aliphatic carboxylic acids is 1. The van der Waals surface area contributed by atoms with Crippen LogP contribution in [0.3, 0.4) is 0 Å². The summed E-state index contributed by atoms with van der Waals surface area (Å²) >= 11 is 0. The number of carboxylic acids is 1. The van der Waals surface area contributed by atoms with Gasteiger partial charge in [0.1, 0.15) is 6.04 Å². The Morgan fingerprint density at radius 1 is 1.22 bits per heavy atom. The van der Waals surface area contributed by atoms with Crippen LogP contribution in [-0.4, -0.2) is 35.0 Å². The van der Waals surface area contributed by atoms with E-state index in [1.165, 1.54) is 11.9 Å². The van der Waals surface area contributed by atoms with Gasteiger partial charge < -0.3 is 10.0 Å². The average Bonchev–Trinajstić information content (AvgIpc) is 2.34. The first kappa shape index (κ1) is 14.2. The average molecular weight is 249 g/mol. The normalized spacial score (nSPS) is 12.2. The Morgan fingerprint density at radius 3 is 2.22 bits per heavy atom. The van der Waals surface area contributed by atoms with Crippen LogP contribution in [0.15, 0.2) is 30.3 Å². The van der Waals surface area contributed by atoms with Crippen LogP contribution in [0, 0.1) is 5.92 Å². The van der Waals surface area contributed by atoms with Crippen LogP contribution in [0.25, 0.3) is 0 Å². The molecule has 1 aromatic rings. The van der Waals surface area contributed by atoms with Gasteiger partial charge in [0.2, 0.25) is 0 Å². The van der Waals surface area contributed by atoms with Crippen molar-refractivity contribution in [2.75, 3.05) is 7.05 Å². The van der Waals surface area contributed by atoms with Crippen molar-refractivity contribution in [3.8, 4) is 0 Å². The van der Waals surface area contributed by atoms with Crippen molar-refractivity contribution in [1.29, 1.82) is 0 Å². The minimum absolute atomic E-state index is 0.220. The van der Waals surface area contributed by atoms with E-state index < -0.39 is 12.0 Å². The van der Waals surface area contributed by atoms with E-state index in [9.17, 15) is 14.7 Å². The Kier molecular flexibility index (Phi) is 4.89. The molecule has 0 spiro atoms. The van der Waals surface area contributed by atoms with Crippen molar-refractivity contribution >= 4 is 11.9 Å². The zero-order valence-electron chi connectivity index (χ0n) is 11.0. The van der Waals surface area contributed by atoms with E-state index in [2.05, 4.69) is 0 Å². The number of rotatable bonds is 5. The molecule has 0 aliphatic rings. The predicted molar refractivity (Wildman–Crippen MR) is 69.4 cm³/mol. The standard InChI is InChI=1S/C14H19NO3/c1-10(2)9-12(14(17)18)15(3)13(16)11-7-5-4-6-8-11/h4-8,10,12H,9H2,1-3H3,(H,17,18)/t12-/m0/s1. The maximum Gasteiger partial charge on any atom is 0.326 e. The summed E-state index contributed by atoms with van der Waals surface area (Å²) in [7, 11) is 1.54. The molecule has 1 rings (SSSR count). The fourth-order valence-corrected chi connectivity index (χ4v) is 1.80. The van der Waals surface area contributed by atoms with Crippen molar-refractivity contribution in [3.63, 3.8) is 0 Å². The van der Waals surface area contributed by atoms with Crippen molar-refractivity contribution in [3.05, 3.63) is 35.9 Å². The quantitative estimate of drug-likeness (QED) is 0.870. The van der Waals surface area contributed by atoms with Crippen molar-refractivity contribution in [2.24, 2.45) is 5.92 Å². The Hall–Kier alpha value is -1.84. The van der Waals surface area contributed by atoms with E-state index in [-0.39, 0.29) is 11.8 Å². The molecule has 0 radical (unpaired) electrons. The number of carboxylic acid groups (broad SMARTS) is 1. The summed E-state index contributed by atoms with van der Waals surface area (Å²) < 4.78 is 0. The van der Waals surface area contributed by atoms with Gasteiger partial charge in [-0.15, -0.1) is 0 Å². The summed E-state index contributed by atoms with van der Waals surface area (Å²) in [6.45, 7) is 3.88. The summed E-state index contributed by atoms with van der Waals surface area (Å²) in [6, 6.07) is 7.94. The van der Waals surface area contributed by atoms with Gasteiger partial charge in [0.25, 0.3) is 5.91 Å². The number of carbonyl (C=O) groups is 2. The fraction of sp³-hybridized carbons (Fsp3) is 0.429. The van der Waals surface area contributed by atoms with E-state index in [1.807, 2.05) is 19.9 Å². The van der Waals surface area contributed by atoms with Crippen LogP contribution in [0.4, 0.5) is 0 Å². The van der Waals surface area contributed by atoms with Crippen LogP contribution in [0.2, 0.25) is 0 Å². The molecule has 1 amide bonds.